The number of hydrogen-bond donors (Lipinski definition) is 3. The van der Waals surface area contributed by atoms with Crippen LogP contribution in [0.15, 0.2) is 76.5 Å². The Morgan fingerprint density at radius 3 is 1.55 bits per heavy atom. The number of nitrogens with one attached hydrogen (secondary N) is 1. The van der Waals surface area contributed by atoms with Crippen LogP contribution in [0.4, 0.5) is 5.69 Å². The van der Waals surface area contributed by atoms with Gasteiger partial charge >= 0.3 is 0 Å². The molecule has 14 heteroatoms. The molecule has 0 bridgehead atoms. The summed E-state index contributed by atoms with van der Waals surface area (Å²) in [6.07, 6.45) is 0. The van der Waals surface area contributed by atoms with E-state index >= 15 is 0 Å². The van der Waals surface area contributed by atoms with Crippen LogP contribution in [0.3, 0.4) is 0 Å². The van der Waals surface area contributed by atoms with Gasteiger partial charge in [0.2, 0.25) is 0 Å². The molecule has 0 spiro atoms. The van der Waals surface area contributed by atoms with Gasteiger partial charge in [-0.15, -0.1) is 0 Å². The lowest BCUT2D eigenvalue weighted by Gasteiger charge is -2.29. The first kappa shape index (κ1) is 25.5. The molecule has 0 saturated heterocycles. The predicted octanol–water partition coefficient (Wildman–Crippen LogP) is 2.68. The maximum Gasteiger partial charge on any atom is 0.295 e. The van der Waals surface area contributed by atoms with Crippen LogP contribution in [0, 0.1) is 0 Å². The number of carbonyl (C=O) groups is 4. The molecule has 12 nitrogen and oxygen atoms in total. The molecule has 0 aromatic heterocycles. The minimum Gasteiger partial charge on any atom is -0.288 e. The summed E-state index contributed by atoms with van der Waals surface area (Å²) in [4.78, 5) is 51.2. The van der Waals surface area contributed by atoms with Gasteiger partial charge in [-0.1, -0.05) is 24.3 Å². The van der Waals surface area contributed by atoms with Gasteiger partial charge in [0.1, 0.15) is 9.79 Å². The number of anilines is 1. The second-order valence-electron chi connectivity index (χ2n) is 8.93. The number of nitrogens with zero attached hydrogens (tertiary/aromatic N) is 1. The van der Waals surface area contributed by atoms with Crippen LogP contribution in [0.25, 0.3) is 21.9 Å². The Bertz CT molecular complexity index is 2050. The molecule has 0 unspecified atom stereocenters. The van der Waals surface area contributed by atoms with E-state index < -0.39 is 53.7 Å². The first-order chi connectivity index (χ1) is 18.8. The van der Waals surface area contributed by atoms with E-state index in [9.17, 15) is 45.1 Å². The van der Waals surface area contributed by atoms with E-state index in [4.69, 9.17) is 0 Å². The van der Waals surface area contributed by atoms with E-state index in [1.807, 2.05) is 0 Å². The summed E-state index contributed by atoms with van der Waals surface area (Å²) >= 11 is 0. The molecular formula is C26H14N2O10S2. The normalized spacial score (nSPS) is 15.0. The number of benzene rings is 4. The van der Waals surface area contributed by atoms with Crippen molar-refractivity contribution in [3.63, 3.8) is 0 Å². The summed E-state index contributed by atoms with van der Waals surface area (Å²) in [5.74, 6) is -3.18. The molecule has 200 valence electrons. The SMILES string of the molecule is O=C1NC(=O)c2ccc3c4c(ccc1c24)C(=O)N(c1ccc(-c2ccccc2S(=O)(=O)O)c(S(=O)(=O)O)c1)C3=O. The van der Waals surface area contributed by atoms with Gasteiger partial charge in [-0.25, -0.2) is 4.90 Å². The molecule has 40 heavy (non-hydrogen) atoms. The third-order valence-electron chi connectivity index (χ3n) is 6.70. The van der Waals surface area contributed by atoms with Crippen LogP contribution in [-0.2, 0) is 20.2 Å². The van der Waals surface area contributed by atoms with E-state index in [0.717, 1.165) is 18.2 Å². The summed E-state index contributed by atoms with van der Waals surface area (Å²) < 4.78 is 68.3. The van der Waals surface area contributed by atoms with Crippen LogP contribution < -0.4 is 10.2 Å². The summed E-state index contributed by atoms with van der Waals surface area (Å²) in [5.41, 5.74) is -0.727. The molecule has 3 N–H and O–H groups in total. The zero-order chi connectivity index (χ0) is 28.7. The molecule has 2 aliphatic heterocycles. The van der Waals surface area contributed by atoms with E-state index in [2.05, 4.69) is 5.32 Å². The van der Waals surface area contributed by atoms with Crippen LogP contribution in [0.2, 0.25) is 0 Å². The van der Waals surface area contributed by atoms with Crippen LogP contribution in [-0.4, -0.2) is 49.6 Å². The molecule has 0 aliphatic carbocycles. The maximum atomic E-state index is 13.6. The summed E-state index contributed by atoms with van der Waals surface area (Å²) in [6, 6.07) is 13.3. The van der Waals surface area contributed by atoms with Crippen LogP contribution in [0.5, 0.6) is 0 Å². The molecule has 0 saturated carbocycles. The zero-order valence-electron chi connectivity index (χ0n) is 19.8. The quantitative estimate of drug-likeness (QED) is 0.239. The predicted molar refractivity (Wildman–Crippen MR) is 138 cm³/mol. The Morgan fingerprint density at radius 2 is 1.00 bits per heavy atom. The van der Waals surface area contributed by atoms with Gasteiger partial charge in [-0.3, -0.25) is 33.6 Å². The minimum atomic E-state index is -5.07. The zero-order valence-corrected chi connectivity index (χ0v) is 21.4. The molecule has 6 rings (SSSR count). The van der Waals surface area contributed by atoms with Gasteiger partial charge in [0.05, 0.1) is 5.69 Å². The fraction of sp³-hybridized carbons (Fsp3) is 0. The fourth-order valence-corrected chi connectivity index (χ4v) is 6.47. The first-order valence-corrected chi connectivity index (χ1v) is 14.2. The van der Waals surface area contributed by atoms with Gasteiger partial charge in [-0.2, -0.15) is 16.8 Å². The third-order valence-corrected chi connectivity index (χ3v) is 8.51. The van der Waals surface area contributed by atoms with Crippen LogP contribution >= 0.6 is 0 Å². The van der Waals surface area contributed by atoms with Crippen molar-refractivity contribution >= 4 is 60.3 Å². The molecule has 4 amide bonds. The molecule has 2 heterocycles. The molecule has 4 aromatic rings. The standard InChI is InChI=1S/C26H14N2O10S2/c29-23-15-7-9-17-22-18(10-8-16(21(15)22)24(30)27-23)26(32)28(25(17)31)12-5-6-14(20(11-12)40(36,37)38)13-3-1-2-4-19(13)39(33,34)35/h1-11H,(H,27,29,30)(H,33,34,35)(H,36,37,38). The molecular weight excluding hydrogens is 564 g/mol. The van der Waals surface area contributed by atoms with Crippen molar-refractivity contribution in [3.05, 3.63) is 89.0 Å². The van der Waals surface area contributed by atoms with Gasteiger partial charge in [0.15, 0.2) is 0 Å². The number of hydrogen-bond acceptors (Lipinski definition) is 8. The Balaban J connectivity index is 1.56. The lowest BCUT2D eigenvalue weighted by atomic mass is 9.86. The lowest BCUT2D eigenvalue weighted by molar-refractivity contribution is 0.0837. The molecule has 4 aromatic carbocycles. The Kier molecular flexibility index (Phi) is 5.34. The number of carbonyl (C=O) groups excluding carboxylic acids is 4. The highest BCUT2D eigenvalue weighted by Crippen LogP contribution is 2.40. The second kappa shape index (κ2) is 8.37. The molecule has 0 fully saturated rings. The van der Waals surface area contributed by atoms with Crippen molar-refractivity contribution in [2.24, 2.45) is 0 Å². The van der Waals surface area contributed by atoms with E-state index in [1.54, 1.807) is 0 Å². The van der Waals surface area contributed by atoms with E-state index in [1.165, 1.54) is 48.5 Å². The largest absolute Gasteiger partial charge is 0.295 e. The lowest BCUT2D eigenvalue weighted by Crippen LogP contribution is -2.42. The smallest absolute Gasteiger partial charge is 0.288 e. The molecule has 2 aliphatic rings. The van der Waals surface area contributed by atoms with Crippen molar-refractivity contribution in [3.8, 4) is 11.1 Å². The Hall–Kier alpha value is -4.76. The van der Waals surface area contributed by atoms with Gasteiger partial charge in [0, 0.05) is 44.2 Å². The topological polar surface area (TPSA) is 192 Å². The summed E-state index contributed by atoms with van der Waals surface area (Å²) in [7, 11) is -9.88. The van der Waals surface area contributed by atoms with Gasteiger partial charge < -0.3 is 0 Å². The second-order valence-corrected chi connectivity index (χ2v) is 11.7. The fourth-order valence-electron chi connectivity index (χ4n) is 5.04. The van der Waals surface area contributed by atoms with Crippen molar-refractivity contribution in [2.75, 3.05) is 4.90 Å². The van der Waals surface area contributed by atoms with Crippen molar-refractivity contribution in [1.29, 1.82) is 0 Å². The molecule has 0 atom stereocenters. The van der Waals surface area contributed by atoms with Crippen molar-refractivity contribution in [2.45, 2.75) is 9.79 Å². The summed E-state index contributed by atoms with van der Waals surface area (Å²) in [6.45, 7) is 0. The highest BCUT2D eigenvalue weighted by Gasteiger charge is 2.38. The van der Waals surface area contributed by atoms with Crippen LogP contribution in [0.1, 0.15) is 41.4 Å². The van der Waals surface area contributed by atoms with Gasteiger partial charge in [-0.05, 0) is 42.5 Å². The number of imide groups is 2. The monoisotopic (exact) mass is 578 g/mol. The highest BCUT2D eigenvalue weighted by molar-refractivity contribution is 7.86. The minimum absolute atomic E-state index is 0.0353. The number of amides is 4. The first-order valence-electron chi connectivity index (χ1n) is 11.3. The number of rotatable bonds is 4. The highest BCUT2D eigenvalue weighted by atomic mass is 32.2. The van der Waals surface area contributed by atoms with E-state index in [-0.39, 0.29) is 49.8 Å². The average molecular weight is 579 g/mol. The summed E-state index contributed by atoms with van der Waals surface area (Å²) in [5, 5.41) is 2.42. The Morgan fingerprint density at radius 1 is 0.550 bits per heavy atom. The van der Waals surface area contributed by atoms with E-state index in [0.29, 0.717) is 4.90 Å². The Labute approximate surface area is 225 Å². The van der Waals surface area contributed by atoms with Crippen molar-refractivity contribution < 1.29 is 45.1 Å². The maximum absolute atomic E-state index is 13.6. The molecule has 0 radical (unpaired) electrons. The third kappa shape index (κ3) is 3.65. The van der Waals surface area contributed by atoms with Crippen molar-refractivity contribution in [1.82, 2.24) is 5.32 Å². The van der Waals surface area contributed by atoms with Gasteiger partial charge in [0.25, 0.3) is 43.9 Å². The average Bonchev–Trinajstić information content (AvgIpc) is 2.89.